The lowest BCUT2D eigenvalue weighted by atomic mass is 9.93. The van der Waals surface area contributed by atoms with Crippen LogP contribution in [-0.2, 0) is 0 Å². The second-order valence-electron chi connectivity index (χ2n) is 4.86. The molecule has 3 heteroatoms. The van der Waals surface area contributed by atoms with Crippen LogP contribution in [0.2, 0.25) is 0 Å². The lowest BCUT2D eigenvalue weighted by Crippen LogP contribution is -2.48. The van der Waals surface area contributed by atoms with Crippen molar-refractivity contribution in [3.05, 3.63) is 30.1 Å². The number of aromatic nitrogens is 1. The van der Waals surface area contributed by atoms with Crippen LogP contribution in [0.3, 0.4) is 0 Å². The average Bonchev–Trinajstić information content (AvgIpc) is 2.33. The minimum atomic E-state index is 0.305. The number of nitrogens with two attached hydrogens (primary N) is 1. The molecule has 0 aliphatic carbocycles. The Bertz CT molecular complexity index is 325. The van der Waals surface area contributed by atoms with Crippen molar-refractivity contribution in [1.29, 1.82) is 0 Å². The summed E-state index contributed by atoms with van der Waals surface area (Å²) in [6.45, 7) is 6.57. The number of hydrogen-bond acceptors (Lipinski definition) is 3. The van der Waals surface area contributed by atoms with Gasteiger partial charge in [-0.3, -0.25) is 9.88 Å². The highest BCUT2D eigenvalue weighted by molar-refractivity contribution is 5.08. The van der Waals surface area contributed by atoms with Crippen molar-refractivity contribution in [2.45, 2.75) is 32.4 Å². The molecule has 3 atom stereocenters. The molecule has 0 aromatic carbocycles. The fraction of sp³-hybridized carbons (Fsp3) is 0.615. The quantitative estimate of drug-likeness (QED) is 0.825. The van der Waals surface area contributed by atoms with E-state index in [4.69, 9.17) is 5.73 Å². The highest BCUT2D eigenvalue weighted by atomic mass is 15.2. The minimum Gasteiger partial charge on any atom is -0.326 e. The molecule has 1 aliphatic rings. The van der Waals surface area contributed by atoms with Crippen LogP contribution in [-0.4, -0.2) is 29.0 Å². The van der Waals surface area contributed by atoms with Gasteiger partial charge in [-0.15, -0.1) is 0 Å². The van der Waals surface area contributed by atoms with Crippen LogP contribution < -0.4 is 5.73 Å². The van der Waals surface area contributed by atoms with Gasteiger partial charge in [0.1, 0.15) is 0 Å². The molecule has 2 N–H and O–H groups in total. The maximum atomic E-state index is 6.12. The molecule has 3 unspecified atom stereocenters. The van der Waals surface area contributed by atoms with E-state index in [1.165, 1.54) is 6.42 Å². The number of hydrogen-bond donors (Lipinski definition) is 1. The van der Waals surface area contributed by atoms with Crippen molar-refractivity contribution in [3.63, 3.8) is 0 Å². The standard InChI is InChI=1S/C13H21N3/c1-10-6-8-16(9-12(10)14)11(2)13-5-3-4-7-15-13/h3-5,7,10-12H,6,8-9,14H2,1-2H3. The Morgan fingerprint density at radius 2 is 2.31 bits per heavy atom. The average molecular weight is 219 g/mol. The molecule has 0 saturated carbocycles. The van der Waals surface area contributed by atoms with Crippen LogP contribution in [0.15, 0.2) is 24.4 Å². The van der Waals surface area contributed by atoms with Crippen molar-refractivity contribution in [2.24, 2.45) is 11.7 Å². The number of pyridine rings is 1. The van der Waals surface area contributed by atoms with E-state index in [0.29, 0.717) is 18.0 Å². The second-order valence-corrected chi connectivity index (χ2v) is 4.86. The first-order chi connectivity index (χ1) is 7.68. The smallest absolute Gasteiger partial charge is 0.0572 e. The van der Waals surface area contributed by atoms with Crippen LogP contribution in [0.5, 0.6) is 0 Å². The predicted molar refractivity (Wildman–Crippen MR) is 66.0 cm³/mol. The minimum absolute atomic E-state index is 0.305. The van der Waals surface area contributed by atoms with Gasteiger partial charge in [-0.05, 0) is 37.9 Å². The zero-order valence-corrected chi connectivity index (χ0v) is 10.1. The maximum Gasteiger partial charge on any atom is 0.0572 e. The van der Waals surface area contributed by atoms with Crippen LogP contribution in [0.4, 0.5) is 0 Å². The number of rotatable bonds is 2. The summed E-state index contributed by atoms with van der Waals surface area (Å²) < 4.78 is 0. The van der Waals surface area contributed by atoms with Gasteiger partial charge in [0.25, 0.3) is 0 Å². The van der Waals surface area contributed by atoms with Gasteiger partial charge >= 0.3 is 0 Å². The van der Waals surface area contributed by atoms with Gasteiger partial charge in [0.15, 0.2) is 0 Å². The zero-order chi connectivity index (χ0) is 11.5. The monoisotopic (exact) mass is 219 g/mol. The molecule has 0 spiro atoms. The molecule has 2 rings (SSSR count). The summed E-state index contributed by atoms with van der Waals surface area (Å²) in [5, 5.41) is 0. The summed E-state index contributed by atoms with van der Waals surface area (Å²) in [4.78, 5) is 6.85. The molecular formula is C13H21N3. The first-order valence-corrected chi connectivity index (χ1v) is 6.09. The van der Waals surface area contributed by atoms with Crippen LogP contribution in [0, 0.1) is 5.92 Å². The predicted octanol–water partition coefficient (Wildman–Crippen LogP) is 1.81. The lowest BCUT2D eigenvalue weighted by Gasteiger charge is -2.38. The molecule has 1 saturated heterocycles. The van der Waals surface area contributed by atoms with Crippen molar-refractivity contribution in [2.75, 3.05) is 13.1 Å². The van der Waals surface area contributed by atoms with E-state index in [9.17, 15) is 0 Å². The van der Waals surface area contributed by atoms with Crippen molar-refractivity contribution >= 4 is 0 Å². The molecule has 3 nitrogen and oxygen atoms in total. The molecule has 1 fully saturated rings. The summed E-state index contributed by atoms with van der Waals surface area (Å²) in [6, 6.07) is 6.78. The highest BCUT2D eigenvalue weighted by Gasteiger charge is 2.26. The topological polar surface area (TPSA) is 42.2 Å². The third kappa shape index (κ3) is 2.42. The van der Waals surface area contributed by atoms with Gasteiger partial charge in [-0.2, -0.15) is 0 Å². The molecule has 0 bridgehead atoms. The number of piperidine rings is 1. The fourth-order valence-corrected chi connectivity index (χ4v) is 2.29. The first kappa shape index (κ1) is 11.6. The van der Waals surface area contributed by atoms with Crippen LogP contribution in [0.1, 0.15) is 32.0 Å². The summed E-state index contributed by atoms with van der Waals surface area (Å²) in [5.41, 5.74) is 7.27. The van der Waals surface area contributed by atoms with E-state index in [1.54, 1.807) is 0 Å². The van der Waals surface area contributed by atoms with Gasteiger partial charge in [-0.1, -0.05) is 13.0 Å². The summed E-state index contributed by atoms with van der Waals surface area (Å²) in [7, 11) is 0. The number of likely N-dealkylation sites (tertiary alicyclic amines) is 1. The van der Waals surface area contributed by atoms with Crippen molar-refractivity contribution in [3.8, 4) is 0 Å². The van der Waals surface area contributed by atoms with E-state index >= 15 is 0 Å². The highest BCUT2D eigenvalue weighted by Crippen LogP contribution is 2.24. The molecule has 88 valence electrons. The third-order valence-corrected chi connectivity index (χ3v) is 3.71. The van der Waals surface area contributed by atoms with Gasteiger partial charge in [0.05, 0.1) is 5.69 Å². The van der Waals surface area contributed by atoms with Gasteiger partial charge < -0.3 is 5.73 Å². The maximum absolute atomic E-state index is 6.12. The van der Waals surface area contributed by atoms with Crippen LogP contribution in [0.25, 0.3) is 0 Å². The Balaban J connectivity index is 2.03. The van der Waals surface area contributed by atoms with E-state index in [0.717, 1.165) is 18.8 Å². The largest absolute Gasteiger partial charge is 0.326 e. The van der Waals surface area contributed by atoms with Crippen LogP contribution >= 0.6 is 0 Å². The van der Waals surface area contributed by atoms with E-state index in [1.807, 2.05) is 18.3 Å². The number of nitrogens with zero attached hydrogens (tertiary/aromatic N) is 2. The zero-order valence-electron chi connectivity index (χ0n) is 10.1. The Morgan fingerprint density at radius 1 is 1.50 bits per heavy atom. The molecule has 0 radical (unpaired) electrons. The van der Waals surface area contributed by atoms with E-state index in [-0.39, 0.29) is 0 Å². The fourth-order valence-electron chi connectivity index (χ4n) is 2.29. The summed E-state index contributed by atoms with van der Waals surface area (Å²) >= 11 is 0. The molecular weight excluding hydrogens is 198 g/mol. The first-order valence-electron chi connectivity index (χ1n) is 6.09. The Morgan fingerprint density at radius 3 is 2.94 bits per heavy atom. The Hall–Kier alpha value is -0.930. The molecule has 0 amide bonds. The van der Waals surface area contributed by atoms with E-state index in [2.05, 4.69) is 29.8 Å². The lowest BCUT2D eigenvalue weighted by molar-refractivity contribution is 0.126. The molecule has 1 aromatic rings. The molecule has 1 aliphatic heterocycles. The summed E-state index contributed by atoms with van der Waals surface area (Å²) in [5.74, 6) is 0.646. The Labute approximate surface area is 97.7 Å². The molecule has 1 aromatic heterocycles. The van der Waals surface area contributed by atoms with Crippen molar-refractivity contribution < 1.29 is 0 Å². The van der Waals surface area contributed by atoms with E-state index < -0.39 is 0 Å². The molecule has 16 heavy (non-hydrogen) atoms. The Kier molecular flexibility index (Phi) is 3.56. The normalized spacial score (nSPS) is 28.9. The second kappa shape index (κ2) is 4.93. The van der Waals surface area contributed by atoms with Gasteiger partial charge in [-0.25, -0.2) is 0 Å². The third-order valence-electron chi connectivity index (χ3n) is 3.71. The van der Waals surface area contributed by atoms with Crippen molar-refractivity contribution in [1.82, 2.24) is 9.88 Å². The van der Waals surface area contributed by atoms with Gasteiger partial charge in [0, 0.05) is 24.8 Å². The SMILES string of the molecule is CC1CCN(C(C)c2ccccn2)CC1N. The summed E-state index contributed by atoms with van der Waals surface area (Å²) in [6.07, 6.45) is 3.05. The van der Waals surface area contributed by atoms with Gasteiger partial charge in [0.2, 0.25) is 0 Å². The molecule has 2 heterocycles.